The summed E-state index contributed by atoms with van der Waals surface area (Å²) in [5, 5.41) is 4.66. The lowest BCUT2D eigenvalue weighted by molar-refractivity contribution is 0.0515. The summed E-state index contributed by atoms with van der Waals surface area (Å²) in [5.41, 5.74) is 1.88. The van der Waals surface area contributed by atoms with Crippen molar-refractivity contribution >= 4 is 23.3 Å². The third-order valence-electron chi connectivity index (χ3n) is 3.91. The first-order valence-corrected chi connectivity index (χ1v) is 8.67. The predicted octanol–water partition coefficient (Wildman–Crippen LogP) is 4.20. The molecule has 0 atom stereocenters. The first kappa shape index (κ1) is 18.7. The Morgan fingerprint density at radius 3 is 2.44 bits per heavy atom. The first-order valence-electron chi connectivity index (χ1n) is 8.29. The number of nitrogens with zero attached hydrogens (tertiary/aromatic N) is 3. The number of aromatic nitrogens is 2. The predicted molar refractivity (Wildman–Crippen MR) is 103 cm³/mol. The molecular weight excluding hydrogens is 366 g/mol. The third-order valence-corrected chi connectivity index (χ3v) is 4.16. The standard InChI is InChI=1S/C20H18ClN3O3/c1-26-18-8-4-15(5-9-18)19(10-12-24-13-11-22-14-24)23-27-20(25)16-2-6-17(21)7-3-16/h2-9,11,13-14H,10,12H2,1H3/b23-19+. The number of imidazole rings is 1. The van der Waals surface area contributed by atoms with Gasteiger partial charge in [-0.05, 0) is 54.1 Å². The van der Waals surface area contributed by atoms with Gasteiger partial charge in [0.2, 0.25) is 0 Å². The van der Waals surface area contributed by atoms with Gasteiger partial charge in [0.1, 0.15) is 5.75 Å². The number of oxime groups is 1. The topological polar surface area (TPSA) is 65.7 Å². The zero-order valence-corrected chi connectivity index (χ0v) is 15.5. The summed E-state index contributed by atoms with van der Waals surface area (Å²) in [5.74, 6) is 0.200. The van der Waals surface area contributed by atoms with Crippen LogP contribution in [-0.2, 0) is 11.4 Å². The van der Waals surface area contributed by atoms with Crippen LogP contribution in [0.25, 0.3) is 0 Å². The van der Waals surface area contributed by atoms with Crippen molar-refractivity contribution < 1.29 is 14.4 Å². The van der Waals surface area contributed by atoms with Crippen LogP contribution in [0.1, 0.15) is 22.3 Å². The number of hydrogen-bond donors (Lipinski definition) is 0. The van der Waals surface area contributed by atoms with Crippen molar-refractivity contribution in [3.05, 3.63) is 83.4 Å². The molecule has 2 aromatic carbocycles. The molecule has 0 radical (unpaired) electrons. The molecule has 0 saturated carbocycles. The van der Waals surface area contributed by atoms with Crippen molar-refractivity contribution in [1.82, 2.24) is 9.55 Å². The van der Waals surface area contributed by atoms with E-state index in [1.807, 2.05) is 35.0 Å². The Morgan fingerprint density at radius 2 is 1.81 bits per heavy atom. The highest BCUT2D eigenvalue weighted by Gasteiger charge is 2.10. The molecule has 27 heavy (non-hydrogen) atoms. The third kappa shape index (κ3) is 5.18. The minimum absolute atomic E-state index is 0.381. The quantitative estimate of drug-likeness (QED) is 0.348. The molecule has 0 aliphatic rings. The van der Waals surface area contributed by atoms with E-state index in [1.165, 1.54) is 0 Å². The van der Waals surface area contributed by atoms with Crippen LogP contribution in [0, 0.1) is 0 Å². The SMILES string of the molecule is COc1ccc(/C(CCn2ccnc2)=N/OC(=O)c2ccc(Cl)cc2)cc1. The lowest BCUT2D eigenvalue weighted by atomic mass is 10.1. The molecule has 1 heterocycles. The minimum Gasteiger partial charge on any atom is -0.497 e. The van der Waals surface area contributed by atoms with Gasteiger partial charge in [0.05, 0.1) is 24.7 Å². The number of halogens is 1. The fourth-order valence-electron chi connectivity index (χ4n) is 2.42. The number of ether oxygens (including phenoxy) is 1. The van der Waals surface area contributed by atoms with Gasteiger partial charge < -0.3 is 14.1 Å². The average molecular weight is 384 g/mol. The van der Waals surface area contributed by atoms with Crippen LogP contribution in [0.2, 0.25) is 5.02 Å². The summed E-state index contributed by atoms with van der Waals surface area (Å²) in [4.78, 5) is 21.4. The molecule has 138 valence electrons. The summed E-state index contributed by atoms with van der Waals surface area (Å²) in [6, 6.07) is 13.9. The molecular formula is C20H18ClN3O3. The fraction of sp³-hybridized carbons (Fsp3) is 0.150. The number of carbonyl (C=O) groups is 1. The molecule has 6 nitrogen and oxygen atoms in total. The van der Waals surface area contributed by atoms with Gasteiger partial charge in [-0.1, -0.05) is 16.8 Å². The molecule has 7 heteroatoms. The summed E-state index contributed by atoms with van der Waals surface area (Å²) in [6.45, 7) is 0.656. The van der Waals surface area contributed by atoms with Crippen LogP contribution in [-0.4, -0.2) is 28.3 Å². The number of aryl methyl sites for hydroxylation is 1. The minimum atomic E-state index is -0.541. The van der Waals surface area contributed by atoms with E-state index in [-0.39, 0.29) is 0 Å². The van der Waals surface area contributed by atoms with Crippen LogP contribution in [0.4, 0.5) is 0 Å². The Hall–Kier alpha value is -3.12. The van der Waals surface area contributed by atoms with Crippen molar-refractivity contribution in [2.75, 3.05) is 7.11 Å². The van der Waals surface area contributed by atoms with Gasteiger partial charge in [-0.25, -0.2) is 9.78 Å². The van der Waals surface area contributed by atoms with E-state index in [2.05, 4.69) is 10.1 Å². The molecule has 0 aliphatic carbocycles. The second-order valence-corrected chi connectivity index (χ2v) is 6.14. The lowest BCUT2D eigenvalue weighted by Gasteiger charge is -2.08. The van der Waals surface area contributed by atoms with E-state index in [4.69, 9.17) is 21.2 Å². The number of rotatable bonds is 7. The molecule has 0 amide bonds. The van der Waals surface area contributed by atoms with Gasteiger partial charge in [-0.3, -0.25) is 0 Å². The molecule has 0 N–H and O–H groups in total. The van der Waals surface area contributed by atoms with E-state index in [1.54, 1.807) is 43.9 Å². The highest BCUT2D eigenvalue weighted by molar-refractivity contribution is 6.30. The molecule has 3 rings (SSSR count). The Kier molecular flexibility index (Phi) is 6.22. The second-order valence-electron chi connectivity index (χ2n) is 5.70. The zero-order chi connectivity index (χ0) is 19.1. The maximum atomic E-state index is 12.2. The molecule has 0 bridgehead atoms. The Morgan fingerprint density at radius 1 is 1.11 bits per heavy atom. The van der Waals surface area contributed by atoms with E-state index in [0.717, 1.165) is 11.3 Å². The summed E-state index contributed by atoms with van der Waals surface area (Å²) in [7, 11) is 1.61. The molecule has 0 aliphatic heterocycles. The normalized spacial score (nSPS) is 11.3. The van der Waals surface area contributed by atoms with Gasteiger partial charge in [0, 0.05) is 30.4 Å². The Balaban J connectivity index is 1.77. The number of methoxy groups -OCH3 is 1. The summed E-state index contributed by atoms with van der Waals surface area (Å²) < 4.78 is 7.12. The number of hydrogen-bond acceptors (Lipinski definition) is 5. The molecule has 0 fully saturated rings. The molecule has 0 saturated heterocycles. The van der Waals surface area contributed by atoms with Crippen LogP contribution in [0.5, 0.6) is 5.75 Å². The molecule has 0 unspecified atom stereocenters. The highest BCUT2D eigenvalue weighted by atomic mass is 35.5. The van der Waals surface area contributed by atoms with Crippen molar-refractivity contribution in [2.24, 2.45) is 5.16 Å². The molecule has 3 aromatic rings. The van der Waals surface area contributed by atoms with Crippen molar-refractivity contribution in [1.29, 1.82) is 0 Å². The zero-order valence-electron chi connectivity index (χ0n) is 14.7. The summed E-state index contributed by atoms with van der Waals surface area (Å²) in [6.07, 6.45) is 5.87. The maximum absolute atomic E-state index is 12.2. The van der Waals surface area contributed by atoms with Gasteiger partial charge in [0.25, 0.3) is 0 Å². The van der Waals surface area contributed by atoms with Gasteiger partial charge >= 0.3 is 5.97 Å². The summed E-state index contributed by atoms with van der Waals surface area (Å²) >= 11 is 5.84. The van der Waals surface area contributed by atoms with Gasteiger partial charge in [0.15, 0.2) is 0 Å². The second kappa shape index (κ2) is 9.00. The maximum Gasteiger partial charge on any atom is 0.365 e. The lowest BCUT2D eigenvalue weighted by Crippen LogP contribution is -2.09. The van der Waals surface area contributed by atoms with Crippen LogP contribution >= 0.6 is 11.6 Å². The van der Waals surface area contributed by atoms with E-state index < -0.39 is 5.97 Å². The van der Waals surface area contributed by atoms with E-state index >= 15 is 0 Å². The van der Waals surface area contributed by atoms with Crippen molar-refractivity contribution in [2.45, 2.75) is 13.0 Å². The first-order chi connectivity index (χ1) is 13.2. The van der Waals surface area contributed by atoms with Crippen LogP contribution in [0.3, 0.4) is 0 Å². The van der Waals surface area contributed by atoms with Gasteiger partial charge in [-0.2, -0.15) is 0 Å². The average Bonchev–Trinajstić information content (AvgIpc) is 3.22. The van der Waals surface area contributed by atoms with Crippen LogP contribution in [0.15, 0.2) is 72.4 Å². The molecule has 0 spiro atoms. The van der Waals surface area contributed by atoms with E-state index in [9.17, 15) is 4.79 Å². The van der Waals surface area contributed by atoms with Crippen LogP contribution < -0.4 is 4.74 Å². The molecule has 1 aromatic heterocycles. The van der Waals surface area contributed by atoms with Gasteiger partial charge in [-0.15, -0.1) is 0 Å². The van der Waals surface area contributed by atoms with Crippen molar-refractivity contribution in [3.63, 3.8) is 0 Å². The van der Waals surface area contributed by atoms with E-state index in [0.29, 0.717) is 29.3 Å². The largest absolute Gasteiger partial charge is 0.497 e. The van der Waals surface area contributed by atoms with Crippen molar-refractivity contribution in [3.8, 4) is 5.75 Å². The highest BCUT2D eigenvalue weighted by Crippen LogP contribution is 2.15. The fourth-order valence-corrected chi connectivity index (χ4v) is 2.54. The number of carbonyl (C=O) groups excluding carboxylic acids is 1. The smallest absolute Gasteiger partial charge is 0.365 e. The monoisotopic (exact) mass is 383 g/mol. The number of benzene rings is 2. The Labute approximate surface area is 162 Å². The Bertz CT molecular complexity index is 905.